The van der Waals surface area contributed by atoms with Crippen LogP contribution < -0.4 is 5.32 Å². The molecule has 6 heteroatoms. The van der Waals surface area contributed by atoms with Gasteiger partial charge in [0, 0.05) is 22.3 Å². The Bertz CT molecular complexity index is 389. The van der Waals surface area contributed by atoms with Crippen LogP contribution in [-0.4, -0.2) is 11.2 Å². The number of halogens is 4. The van der Waals surface area contributed by atoms with E-state index in [1.54, 1.807) is 0 Å². The van der Waals surface area contributed by atoms with Gasteiger partial charge in [-0.1, -0.05) is 15.9 Å². The first-order valence-corrected chi connectivity index (χ1v) is 6.96. The molecule has 0 aromatic heterocycles. The summed E-state index contributed by atoms with van der Waals surface area (Å²) in [5.41, 5.74) is -0.0183. The molecule has 0 aliphatic heterocycles. The third kappa shape index (κ3) is 4.71. The first kappa shape index (κ1) is 14.6. The van der Waals surface area contributed by atoms with Crippen LogP contribution in [0.3, 0.4) is 0 Å². The van der Waals surface area contributed by atoms with Crippen molar-refractivity contribution in [2.45, 2.75) is 19.3 Å². The summed E-state index contributed by atoms with van der Waals surface area (Å²) in [5.74, 6) is -1.76. The van der Waals surface area contributed by atoms with Crippen LogP contribution in [0.2, 0.25) is 0 Å². The van der Waals surface area contributed by atoms with Gasteiger partial charge in [0.05, 0.1) is 5.69 Å². The maximum Gasteiger partial charge on any atom is 0.224 e. The molecule has 2 nitrogen and oxygen atoms in total. The van der Waals surface area contributed by atoms with Crippen molar-refractivity contribution in [3.05, 3.63) is 28.2 Å². The lowest BCUT2D eigenvalue weighted by molar-refractivity contribution is -0.116. The molecule has 0 heterocycles. The normalized spacial score (nSPS) is 10.4. The minimum absolute atomic E-state index is 0.0183. The number of benzene rings is 1. The van der Waals surface area contributed by atoms with Gasteiger partial charge in [-0.3, -0.25) is 4.79 Å². The van der Waals surface area contributed by atoms with Crippen LogP contribution >= 0.6 is 31.9 Å². The van der Waals surface area contributed by atoms with Gasteiger partial charge >= 0.3 is 0 Å². The van der Waals surface area contributed by atoms with Crippen molar-refractivity contribution in [1.29, 1.82) is 0 Å². The molecule has 1 rings (SSSR count). The zero-order valence-corrected chi connectivity index (χ0v) is 12.1. The minimum Gasteiger partial charge on any atom is -0.323 e. The molecule has 0 unspecified atom stereocenters. The van der Waals surface area contributed by atoms with Crippen molar-refractivity contribution in [1.82, 2.24) is 0 Å². The SMILES string of the molecule is O=C(CCCCBr)Nc1c(F)cc(F)cc1Br. The van der Waals surface area contributed by atoms with Gasteiger partial charge in [-0.2, -0.15) is 0 Å². The molecule has 1 aromatic rings. The third-order valence-corrected chi connectivity index (χ3v) is 3.24. The monoisotopic (exact) mass is 369 g/mol. The largest absolute Gasteiger partial charge is 0.323 e. The maximum atomic E-state index is 13.4. The molecule has 1 N–H and O–H groups in total. The second-order valence-electron chi connectivity index (χ2n) is 3.44. The topological polar surface area (TPSA) is 29.1 Å². The molecule has 1 amide bonds. The number of hydrogen-bond donors (Lipinski definition) is 1. The van der Waals surface area contributed by atoms with Gasteiger partial charge in [0.15, 0.2) is 5.82 Å². The predicted molar refractivity (Wildman–Crippen MR) is 70.3 cm³/mol. The van der Waals surface area contributed by atoms with Crippen molar-refractivity contribution in [3.63, 3.8) is 0 Å². The molecule has 0 saturated heterocycles. The maximum absolute atomic E-state index is 13.4. The fourth-order valence-electron chi connectivity index (χ4n) is 1.24. The van der Waals surface area contributed by atoms with E-state index in [9.17, 15) is 13.6 Å². The number of unbranched alkanes of at least 4 members (excludes halogenated alkanes) is 1. The molecule has 1 aromatic carbocycles. The Balaban J connectivity index is 2.65. The number of carbonyl (C=O) groups excluding carboxylic acids is 1. The molecule has 0 atom stereocenters. The van der Waals surface area contributed by atoms with E-state index in [1.807, 2.05) is 0 Å². The molecule has 94 valence electrons. The van der Waals surface area contributed by atoms with E-state index in [-0.39, 0.29) is 16.1 Å². The van der Waals surface area contributed by atoms with Gasteiger partial charge in [0.25, 0.3) is 0 Å². The van der Waals surface area contributed by atoms with E-state index in [1.165, 1.54) is 0 Å². The molecule has 0 aliphatic carbocycles. The number of hydrogen-bond acceptors (Lipinski definition) is 1. The Kier molecular flexibility index (Phi) is 6.05. The quantitative estimate of drug-likeness (QED) is 0.609. The summed E-state index contributed by atoms with van der Waals surface area (Å²) in [5, 5.41) is 3.25. The highest BCUT2D eigenvalue weighted by Crippen LogP contribution is 2.27. The summed E-state index contributed by atoms with van der Waals surface area (Å²) in [6, 6.07) is 1.84. The third-order valence-electron chi connectivity index (χ3n) is 2.06. The Hall–Kier alpha value is -0.490. The summed E-state index contributed by atoms with van der Waals surface area (Å²) in [6.45, 7) is 0. The summed E-state index contributed by atoms with van der Waals surface area (Å²) in [6.07, 6.45) is 1.91. The van der Waals surface area contributed by atoms with Crippen molar-refractivity contribution in [3.8, 4) is 0 Å². The van der Waals surface area contributed by atoms with Crippen LogP contribution in [-0.2, 0) is 4.79 Å². The number of carbonyl (C=O) groups is 1. The average molecular weight is 371 g/mol. The van der Waals surface area contributed by atoms with Gasteiger partial charge in [-0.05, 0) is 34.8 Å². The molecule has 0 saturated carbocycles. The smallest absolute Gasteiger partial charge is 0.224 e. The number of alkyl halides is 1. The first-order valence-electron chi connectivity index (χ1n) is 5.05. The van der Waals surface area contributed by atoms with Crippen LogP contribution in [0, 0.1) is 11.6 Å². The molecule has 0 bridgehead atoms. The summed E-state index contributed by atoms with van der Waals surface area (Å²) >= 11 is 6.26. The number of amides is 1. The van der Waals surface area contributed by atoms with E-state index in [0.29, 0.717) is 6.42 Å². The van der Waals surface area contributed by atoms with Crippen molar-refractivity contribution >= 4 is 43.5 Å². The highest BCUT2D eigenvalue weighted by atomic mass is 79.9. The van der Waals surface area contributed by atoms with Crippen LogP contribution in [0.4, 0.5) is 14.5 Å². The number of nitrogens with one attached hydrogen (secondary N) is 1. The second-order valence-corrected chi connectivity index (χ2v) is 5.09. The number of anilines is 1. The molecule has 0 fully saturated rings. The fourth-order valence-corrected chi connectivity index (χ4v) is 2.15. The average Bonchev–Trinajstić information content (AvgIpc) is 2.24. The predicted octanol–water partition coefficient (Wildman–Crippen LogP) is 4.23. The van der Waals surface area contributed by atoms with E-state index < -0.39 is 11.6 Å². The van der Waals surface area contributed by atoms with E-state index >= 15 is 0 Å². The zero-order valence-electron chi connectivity index (χ0n) is 8.90. The fraction of sp³-hybridized carbons (Fsp3) is 0.364. The molecular formula is C11H11Br2F2NO. The standard InChI is InChI=1S/C11H11Br2F2NO/c12-4-2-1-3-10(17)16-11-8(13)5-7(14)6-9(11)15/h5-6H,1-4H2,(H,16,17). The first-order chi connectivity index (χ1) is 8.04. The minimum atomic E-state index is -0.786. The summed E-state index contributed by atoms with van der Waals surface area (Å²) in [4.78, 5) is 11.5. The molecule has 0 aliphatic rings. The lowest BCUT2D eigenvalue weighted by Gasteiger charge is -2.08. The number of rotatable bonds is 5. The molecule has 0 radical (unpaired) electrons. The van der Waals surface area contributed by atoms with Crippen LogP contribution in [0.25, 0.3) is 0 Å². The van der Waals surface area contributed by atoms with Crippen molar-refractivity contribution in [2.75, 3.05) is 10.6 Å². The van der Waals surface area contributed by atoms with Crippen LogP contribution in [0.1, 0.15) is 19.3 Å². The van der Waals surface area contributed by atoms with Crippen molar-refractivity contribution in [2.24, 2.45) is 0 Å². The van der Waals surface area contributed by atoms with Crippen LogP contribution in [0.15, 0.2) is 16.6 Å². The van der Waals surface area contributed by atoms with E-state index in [2.05, 4.69) is 37.2 Å². The lowest BCUT2D eigenvalue weighted by Crippen LogP contribution is -2.13. The van der Waals surface area contributed by atoms with E-state index in [4.69, 9.17) is 0 Å². The lowest BCUT2D eigenvalue weighted by atomic mass is 10.2. The Labute approximate surface area is 115 Å². The van der Waals surface area contributed by atoms with Gasteiger partial charge in [-0.25, -0.2) is 8.78 Å². The summed E-state index contributed by atoms with van der Waals surface area (Å²) < 4.78 is 26.4. The Morgan fingerprint density at radius 2 is 2.00 bits per heavy atom. The van der Waals surface area contributed by atoms with Gasteiger partial charge in [0.1, 0.15) is 5.82 Å². The molecule has 0 spiro atoms. The Morgan fingerprint density at radius 3 is 2.59 bits per heavy atom. The highest BCUT2D eigenvalue weighted by Gasteiger charge is 2.12. The zero-order chi connectivity index (χ0) is 12.8. The Morgan fingerprint density at radius 1 is 1.29 bits per heavy atom. The summed E-state index contributed by atoms with van der Waals surface area (Å²) in [7, 11) is 0. The second kappa shape index (κ2) is 7.06. The van der Waals surface area contributed by atoms with Gasteiger partial charge in [-0.15, -0.1) is 0 Å². The van der Waals surface area contributed by atoms with E-state index in [0.717, 1.165) is 30.3 Å². The van der Waals surface area contributed by atoms with Crippen LogP contribution in [0.5, 0.6) is 0 Å². The molecule has 17 heavy (non-hydrogen) atoms. The van der Waals surface area contributed by atoms with Crippen molar-refractivity contribution < 1.29 is 13.6 Å². The van der Waals surface area contributed by atoms with Gasteiger partial charge < -0.3 is 5.32 Å². The molecular weight excluding hydrogens is 360 g/mol. The van der Waals surface area contributed by atoms with Gasteiger partial charge in [0.2, 0.25) is 5.91 Å². The highest BCUT2D eigenvalue weighted by molar-refractivity contribution is 9.10.